The first-order valence-corrected chi connectivity index (χ1v) is 6.15. The lowest BCUT2D eigenvalue weighted by Crippen LogP contribution is -2.07. The first-order chi connectivity index (χ1) is 9.56. The molecular formula is C14H16N2O4. The molecule has 0 spiro atoms. The van der Waals surface area contributed by atoms with Crippen molar-refractivity contribution in [2.75, 3.05) is 19.5 Å². The number of esters is 1. The average molecular weight is 276 g/mol. The Morgan fingerprint density at radius 1 is 1.45 bits per heavy atom. The van der Waals surface area contributed by atoms with Crippen molar-refractivity contribution in [3.8, 4) is 17.2 Å². The number of nitrogens with two attached hydrogens (primary N) is 1. The van der Waals surface area contributed by atoms with Crippen LogP contribution in [0.4, 0.5) is 5.88 Å². The highest BCUT2D eigenvalue weighted by Crippen LogP contribution is 2.32. The Bertz CT molecular complexity index is 634. The van der Waals surface area contributed by atoms with E-state index >= 15 is 0 Å². The van der Waals surface area contributed by atoms with E-state index in [-0.39, 0.29) is 24.1 Å². The molecule has 1 aromatic carbocycles. The van der Waals surface area contributed by atoms with Crippen LogP contribution in [0.5, 0.6) is 5.75 Å². The molecule has 0 saturated heterocycles. The minimum atomic E-state index is -0.605. The Morgan fingerprint density at radius 3 is 2.85 bits per heavy atom. The number of hydrogen-bond acceptors (Lipinski definition) is 6. The summed E-state index contributed by atoms with van der Waals surface area (Å²) >= 11 is 0. The zero-order valence-corrected chi connectivity index (χ0v) is 11.6. The molecule has 0 amide bonds. The Hall–Kier alpha value is -2.50. The summed E-state index contributed by atoms with van der Waals surface area (Å²) in [5, 5.41) is 0. The number of hydrogen-bond donors (Lipinski definition) is 1. The van der Waals surface area contributed by atoms with Crippen LogP contribution in [0, 0.1) is 6.92 Å². The fourth-order valence-corrected chi connectivity index (χ4v) is 1.78. The smallest absolute Gasteiger partial charge is 0.362 e. The Balaban J connectivity index is 2.47. The van der Waals surface area contributed by atoms with Crippen molar-refractivity contribution in [2.24, 2.45) is 0 Å². The van der Waals surface area contributed by atoms with Gasteiger partial charge in [0.25, 0.3) is 0 Å². The minimum absolute atomic E-state index is 0.0228. The summed E-state index contributed by atoms with van der Waals surface area (Å²) in [6.45, 7) is 3.88. The molecule has 0 aliphatic carbocycles. The number of anilines is 1. The number of benzene rings is 1. The van der Waals surface area contributed by atoms with Crippen molar-refractivity contribution in [1.82, 2.24) is 4.98 Å². The Labute approximate surface area is 116 Å². The van der Waals surface area contributed by atoms with Crippen molar-refractivity contribution < 1.29 is 18.7 Å². The first kappa shape index (κ1) is 13.9. The highest BCUT2D eigenvalue weighted by Gasteiger charge is 2.21. The second-order valence-electron chi connectivity index (χ2n) is 4.16. The van der Waals surface area contributed by atoms with Gasteiger partial charge in [-0.25, -0.2) is 4.79 Å². The van der Waals surface area contributed by atoms with Crippen LogP contribution < -0.4 is 10.5 Å². The summed E-state index contributed by atoms with van der Waals surface area (Å²) in [6.07, 6.45) is 0. The predicted molar refractivity (Wildman–Crippen MR) is 73.6 cm³/mol. The molecule has 0 unspecified atom stereocenters. The molecule has 1 aromatic heterocycles. The molecule has 0 saturated carbocycles. The zero-order valence-electron chi connectivity index (χ0n) is 11.6. The van der Waals surface area contributed by atoms with Crippen molar-refractivity contribution in [2.45, 2.75) is 13.8 Å². The molecule has 1 heterocycles. The lowest BCUT2D eigenvalue weighted by Gasteiger charge is -2.05. The van der Waals surface area contributed by atoms with Crippen LogP contribution in [-0.4, -0.2) is 24.7 Å². The number of methoxy groups -OCH3 is 1. The summed E-state index contributed by atoms with van der Waals surface area (Å²) in [6, 6.07) is 5.55. The summed E-state index contributed by atoms with van der Waals surface area (Å²) in [5.41, 5.74) is 7.29. The standard InChI is InChI=1S/C14H16N2O4/c1-4-19-14(17)11-12(15)20-13(16-11)9-7-8(2)5-6-10(9)18-3/h5-7H,4,15H2,1-3H3. The second-order valence-corrected chi connectivity index (χ2v) is 4.16. The van der Waals surface area contributed by atoms with Gasteiger partial charge in [0, 0.05) is 0 Å². The van der Waals surface area contributed by atoms with Gasteiger partial charge in [-0.3, -0.25) is 0 Å². The number of carbonyl (C=O) groups is 1. The molecule has 0 fully saturated rings. The number of aromatic nitrogens is 1. The van der Waals surface area contributed by atoms with Gasteiger partial charge in [0.2, 0.25) is 17.5 Å². The summed E-state index contributed by atoms with van der Waals surface area (Å²) in [5.74, 6) is 0.145. The van der Waals surface area contributed by atoms with Crippen molar-refractivity contribution >= 4 is 11.9 Å². The van der Waals surface area contributed by atoms with Crippen LogP contribution in [0.3, 0.4) is 0 Å². The maximum absolute atomic E-state index is 11.7. The average Bonchev–Trinajstić information content (AvgIpc) is 2.81. The maximum atomic E-state index is 11.7. The highest BCUT2D eigenvalue weighted by atomic mass is 16.5. The lowest BCUT2D eigenvalue weighted by atomic mass is 10.1. The van der Waals surface area contributed by atoms with E-state index in [4.69, 9.17) is 19.6 Å². The largest absolute Gasteiger partial charge is 0.496 e. The molecule has 106 valence electrons. The third-order valence-electron chi connectivity index (χ3n) is 2.71. The number of nitrogen functional groups attached to an aromatic ring is 1. The van der Waals surface area contributed by atoms with Gasteiger partial charge in [0.05, 0.1) is 19.3 Å². The third kappa shape index (κ3) is 2.59. The van der Waals surface area contributed by atoms with E-state index in [1.54, 1.807) is 20.1 Å². The molecule has 2 N–H and O–H groups in total. The van der Waals surface area contributed by atoms with Crippen molar-refractivity contribution in [3.63, 3.8) is 0 Å². The van der Waals surface area contributed by atoms with Gasteiger partial charge in [0.1, 0.15) is 5.75 Å². The van der Waals surface area contributed by atoms with E-state index in [9.17, 15) is 4.79 Å². The first-order valence-electron chi connectivity index (χ1n) is 6.15. The van der Waals surface area contributed by atoms with E-state index in [2.05, 4.69) is 4.98 Å². The van der Waals surface area contributed by atoms with E-state index in [0.717, 1.165) is 5.56 Å². The molecular weight excluding hydrogens is 260 g/mol. The number of nitrogens with zero attached hydrogens (tertiary/aromatic N) is 1. The summed E-state index contributed by atoms with van der Waals surface area (Å²) in [4.78, 5) is 15.8. The fourth-order valence-electron chi connectivity index (χ4n) is 1.78. The Morgan fingerprint density at radius 2 is 2.20 bits per heavy atom. The van der Waals surface area contributed by atoms with E-state index in [1.807, 2.05) is 19.1 Å². The van der Waals surface area contributed by atoms with Crippen LogP contribution in [-0.2, 0) is 4.74 Å². The predicted octanol–water partition coefficient (Wildman–Crippen LogP) is 2.42. The Kier molecular flexibility index (Phi) is 3.93. The number of aryl methyl sites for hydroxylation is 1. The van der Waals surface area contributed by atoms with E-state index in [0.29, 0.717) is 11.3 Å². The lowest BCUT2D eigenvalue weighted by molar-refractivity contribution is 0.0521. The summed E-state index contributed by atoms with van der Waals surface area (Å²) < 4.78 is 15.5. The molecule has 20 heavy (non-hydrogen) atoms. The molecule has 6 heteroatoms. The van der Waals surface area contributed by atoms with Crippen LogP contribution in [0.25, 0.3) is 11.5 Å². The SMILES string of the molecule is CCOC(=O)c1nc(-c2cc(C)ccc2OC)oc1N. The number of carbonyl (C=O) groups excluding carboxylic acids is 1. The van der Waals surface area contributed by atoms with Gasteiger partial charge in [-0.15, -0.1) is 0 Å². The molecule has 2 aromatic rings. The van der Waals surface area contributed by atoms with Crippen LogP contribution in [0.15, 0.2) is 22.6 Å². The molecule has 2 rings (SSSR count). The number of ether oxygens (including phenoxy) is 2. The van der Waals surface area contributed by atoms with Crippen LogP contribution in [0.1, 0.15) is 23.0 Å². The molecule has 0 aliphatic rings. The molecule has 0 radical (unpaired) electrons. The highest BCUT2D eigenvalue weighted by molar-refractivity contribution is 5.92. The van der Waals surface area contributed by atoms with Gasteiger partial charge in [0.15, 0.2) is 0 Å². The topological polar surface area (TPSA) is 87.6 Å². The molecule has 0 aliphatic heterocycles. The van der Waals surface area contributed by atoms with Gasteiger partial charge >= 0.3 is 5.97 Å². The van der Waals surface area contributed by atoms with E-state index in [1.165, 1.54) is 0 Å². The minimum Gasteiger partial charge on any atom is -0.496 e. The molecule has 6 nitrogen and oxygen atoms in total. The number of rotatable bonds is 4. The van der Waals surface area contributed by atoms with Crippen LogP contribution in [0.2, 0.25) is 0 Å². The monoisotopic (exact) mass is 276 g/mol. The van der Waals surface area contributed by atoms with Crippen LogP contribution >= 0.6 is 0 Å². The second kappa shape index (κ2) is 5.64. The van der Waals surface area contributed by atoms with Crippen molar-refractivity contribution in [1.29, 1.82) is 0 Å². The van der Waals surface area contributed by atoms with Gasteiger partial charge in [-0.05, 0) is 26.0 Å². The normalized spacial score (nSPS) is 10.3. The van der Waals surface area contributed by atoms with Crippen molar-refractivity contribution in [3.05, 3.63) is 29.5 Å². The zero-order chi connectivity index (χ0) is 14.7. The summed E-state index contributed by atoms with van der Waals surface area (Å²) in [7, 11) is 1.55. The fraction of sp³-hybridized carbons (Fsp3) is 0.286. The van der Waals surface area contributed by atoms with Gasteiger partial charge in [-0.2, -0.15) is 4.98 Å². The maximum Gasteiger partial charge on any atom is 0.362 e. The molecule has 0 bridgehead atoms. The third-order valence-corrected chi connectivity index (χ3v) is 2.71. The molecule has 0 atom stereocenters. The van der Waals surface area contributed by atoms with Gasteiger partial charge < -0.3 is 19.6 Å². The quantitative estimate of drug-likeness (QED) is 0.863. The van der Waals surface area contributed by atoms with Gasteiger partial charge in [-0.1, -0.05) is 11.6 Å². The van der Waals surface area contributed by atoms with E-state index < -0.39 is 5.97 Å². The number of oxazole rings is 1.